The van der Waals surface area contributed by atoms with Gasteiger partial charge >= 0.3 is 0 Å². The number of ether oxygens (including phenoxy) is 1. The third kappa shape index (κ3) is 4.34. The number of hydrogen-bond acceptors (Lipinski definition) is 2. The normalized spacial score (nSPS) is 19.7. The molecule has 0 atom stereocenters. The fraction of sp³-hybridized carbons (Fsp3) is 0.500. The monoisotopic (exact) mass is 299 g/mol. The second-order valence-corrected chi connectivity index (χ2v) is 5.87. The van der Waals surface area contributed by atoms with Crippen LogP contribution >= 0.6 is 0 Å². The number of likely N-dealkylation sites (tertiary alicyclic amines) is 1. The molecule has 0 radical (unpaired) electrons. The van der Waals surface area contributed by atoms with E-state index in [1.807, 2.05) is 6.07 Å². The van der Waals surface area contributed by atoms with E-state index in [4.69, 9.17) is 9.73 Å². The first-order valence-corrected chi connectivity index (χ1v) is 8.29. The number of para-hydroxylation sites is 1. The molecule has 3 rings (SSSR count). The minimum absolute atomic E-state index is 0.732. The Bertz CT molecular complexity index is 518. The molecule has 0 spiro atoms. The van der Waals surface area contributed by atoms with Crippen molar-refractivity contribution in [3.63, 3.8) is 0 Å². The van der Waals surface area contributed by atoms with Gasteiger partial charge in [-0.2, -0.15) is 0 Å². The molecule has 4 heteroatoms. The number of piperidine rings is 1. The molecule has 0 amide bonds. The lowest BCUT2D eigenvalue weighted by molar-refractivity contribution is 0.154. The second kappa shape index (κ2) is 7.99. The van der Waals surface area contributed by atoms with Crippen LogP contribution in [0.3, 0.4) is 0 Å². The first kappa shape index (κ1) is 15.1. The summed E-state index contributed by atoms with van der Waals surface area (Å²) in [5, 5.41) is 3.51. The summed E-state index contributed by atoms with van der Waals surface area (Å²) < 4.78 is 5.37. The van der Waals surface area contributed by atoms with Crippen LogP contribution in [-0.2, 0) is 4.74 Å². The highest BCUT2D eigenvalue weighted by atomic mass is 16.5. The summed E-state index contributed by atoms with van der Waals surface area (Å²) in [5.41, 5.74) is 2.49. The Balaban J connectivity index is 1.71. The Morgan fingerprint density at radius 1 is 1.14 bits per heavy atom. The zero-order valence-corrected chi connectivity index (χ0v) is 13.1. The van der Waals surface area contributed by atoms with E-state index in [0.29, 0.717) is 0 Å². The van der Waals surface area contributed by atoms with Crippen molar-refractivity contribution < 1.29 is 4.74 Å². The van der Waals surface area contributed by atoms with Crippen molar-refractivity contribution in [3.05, 3.63) is 42.0 Å². The number of nitrogens with one attached hydrogen (secondary N) is 1. The number of benzene rings is 1. The van der Waals surface area contributed by atoms with Crippen LogP contribution in [0.5, 0.6) is 0 Å². The van der Waals surface area contributed by atoms with Crippen molar-refractivity contribution in [2.75, 3.05) is 38.2 Å². The molecule has 22 heavy (non-hydrogen) atoms. The summed E-state index contributed by atoms with van der Waals surface area (Å²) in [6, 6.07) is 10.3. The standard InChI is InChI=1S/C18H25N3O/c1-3-7-17(8-4-1)20-18(21-11-5-2-6-12-21)19-15-16-9-13-22-14-10-16/h1,3-4,7-9H,2,5-6,10-15H2,(H,19,20). The van der Waals surface area contributed by atoms with Crippen molar-refractivity contribution >= 4 is 11.6 Å². The molecular formula is C18H25N3O. The van der Waals surface area contributed by atoms with E-state index in [1.165, 1.54) is 24.8 Å². The number of anilines is 1. The minimum Gasteiger partial charge on any atom is -0.377 e. The molecule has 2 aliphatic heterocycles. The predicted molar refractivity (Wildman–Crippen MR) is 91.3 cm³/mol. The maximum Gasteiger partial charge on any atom is 0.198 e. The Hall–Kier alpha value is -1.81. The average Bonchev–Trinajstić information content (AvgIpc) is 2.61. The van der Waals surface area contributed by atoms with Crippen LogP contribution in [-0.4, -0.2) is 43.7 Å². The maximum atomic E-state index is 5.37. The van der Waals surface area contributed by atoms with Crippen LogP contribution in [0.15, 0.2) is 47.0 Å². The molecule has 2 heterocycles. The van der Waals surface area contributed by atoms with Gasteiger partial charge in [0.05, 0.1) is 19.8 Å². The van der Waals surface area contributed by atoms with Gasteiger partial charge in [-0.25, -0.2) is 4.99 Å². The first-order valence-electron chi connectivity index (χ1n) is 8.29. The predicted octanol–water partition coefficient (Wildman–Crippen LogP) is 3.29. The fourth-order valence-electron chi connectivity index (χ4n) is 2.86. The number of hydrogen-bond donors (Lipinski definition) is 1. The van der Waals surface area contributed by atoms with E-state index >= 15 is 0 Å². The highest BCUT2D eigenvalue weighted by Gasteiger charge is 2.15. The van der Waals surface area contributed by atoms with E-state index in [2.05, 4.69) is 40.6 Å². The van der Waals surface area contributed by atoms with Crippen LogP contribution in [0.4, 0.5) is 5.69 Å². The number of aliphatic imine (C=N–C) groups is 1. The molecule has 1 fully saturated rings. The van der Waals surface area contributed by atoms with Gasteiger partial charge in [-0.1, -0.05) is 24.3 Å². The van der Waals surface area contributed by atoms with Crippen molar-refractivity contribution in [3.8, 4) is 0 Å². The van der Waals surface area contributed by atoms with Gasteiger partial charge in [0, 0.05) is 18.8 Å². The van der Waals surface area contributed by atoms with E-state index in [1.54, 1.807) is 0 Å². The molecule has 0 saturated carbocycles. The smallest absolute Gasteiger partial charge is 0.198 e. The Morgan fingerprint density at radius 2 is 1.95 bits per heavy atom. The molecule has 0 aromatic heterocycles. The second-order valence-electron chi connectivity index (χ2n) is 5.87. The van der Waals surface area contributed by atoms with E-state index < -0.39 is 0 Å². The molecule has 1 aromatic rings. The van der Waals surface area contributed by atoms with Gasteiger partial charge in [-0.3, -0.25) is 0 Å². The Kier molecular flexibility index (Phi) is 5.48. The lowest BCUT2D eigenvalue weighted by Crippen LogP contribution is -2.40. The lowest BCUT2D eigenvalue weighted by Gasteiger charge is -2.30. The van der Waals surface area contributed by atoms with E-state index in [9.17, 15) is 0 Å². The molecule has 0 aliphatic carbocycles. The summed E-state index contributed by atoms with van der Waals surface area (Å²) in [7, 11) is 0. The van der Waals surface area contributed by atoms with Gasteiger partial charge in [-0.05, 0) is 43.4 Å². The molecular weight excluding hydrogens is 274 g/mol. The largest absolute Gasteiger partial charge is 0.377 e. The molecule has 1 N–H and O–H groups in total. The van der Waals surface area contributed by atoms with Gasteiger partial charge in [0.2, 0.25) is 0 Å². The van der Waals surface area contributed by atoms with Crippen molar-refractivity contribution in [2.45, 2.75) is 25.7 Å². The molecule has 0 bridgehead atoms. The van der Waals surface area contributed by atoms with Crippen molar-refractivity contribution in [2.24, 2.45) is 4.99 Å². The zero-order valence-electron chi connectivity index (χ0n) is 13.1. The first-order chi connectivity index (χ1) is 10.9. The molecule has 1 saturated heterocycles. The van der Waals surface area contributed by atoms with Crippen LogP contribution < -0.4 is 5.32 Å². The van der Waals surface area contributed by atoms with Gasteiger partial charge in [0.1, 0.15) is 0 Å². The van der Waals surface area contributed by atoms with E-state index in [-0.39, 0.29) is 0 Å². The Morgan fingerprint density at radius 3 is 2.68 bits per heavy atom. The SMILES string of the molecule is C1=C(CN=C(Nc2ccccc2)N2CCCCC2)CCOC1. The minimum atomic E-state index is 0.732. The summed E-state index contributed by atoms with van der Waals surface area (Å²) in [4.78, 5) is 7.26. The van der Waals surface area contributed by atoms with Crippen LogP contribution in [0.1, 0.15) is 25.7 Å². The van der Waals surface area contributed by atoms with E-state index in [0.717, 1.165) is 50.9 Å². The van der Waals surface area contributed by atoms with Crippen molar-refractivity contribution in [1.82, 2.24) is 4.90 Å². The van der Waals surface area contributed by atoms with Gasteiger partial charge in [-0.15, -0.1) is 0 Å². The number of nitrogens with zero attached hydrogens (tertiary/aromatic N) is 2. The average molecular weight is 299 g/mol. The number of rotatable bonds is 3. The van der Waals surface area contributed by atoms with Crippen molar-refractivity contribution in [1.29, 1.82) is 0 Å². The summed E-state index contributed by atoms with van der Waals surface area (Å²) in [6.45, 7) is 4.53. The lowest BCUT2D eigenvalue weighted by atomic mass is 10.1. The molecule has 0 unspecified atom stereocenters. The van der Waals surface area contributed by atoms with Gasteiger partial charge in [0.15, 0.2) is 5.96 Å². The third-order valence-corrected chi connectivity index (χ3v) is 4.17. The van der Waals surface area contributed by atoms with Gasteiger partial charge < -0.3 is 15.0 Å². The summed E-state index contributed by atoms with van der Waals surface area (Å²) in [5.74, 6) is 1.01. The molecule has 1 aromatic carbocycles. The molecule has 118 valence electrons. The highest BCUT2D eigenvalue weighted by Crippen LogP contribution is 2.14. The zero-order chi connectivity index (χ0) is 15.0. The molecule has 2 aliphatic rings. The molecule has 4 nitrogen and oxygen atoms in total. The topological polar surface area (TPSA) is 36.9 Å². The van der Waals surface area contributed by atoms with Crippen LogP contribution in [0.25, 0.3) is 0 Å². The third-order valence-electron chi connectivity index (χ3n) is 4.17. The highest BCUT2D eigenvalue weighted by molar-refractivity contribution is 5.93. The fourth-order valence-corrected chi connectivity index (χ4v) is 2.86. The maximum absolute atomic E-state index is 5.37. The van der Waals surface area contributed by atoms with Gasteiger partial charge in [0.25, 0.3) is 0 Å². The van der Waals surface area contributed by atoms with Crippen LogP contribution in [0, 0.1) is 0 Å². The number of guanidine groups is 1. The quantitative estimate of drug-likeness (QED) is 0.528. The summed E-state index contributed by atoms with van der Waals surface area (Å²) in [6.07, 6.45) is 7.01. The van der Waals surface area contributed by atoms with Crippen LogP contribution in [0.2, 0.25) is 0 Å². The summed E-state index contributed by atoms with van der Waals surface area (Å²) >= 11 is 0. The Labute approximate surface area is 132 Å².